The van der Waals surface area contributed by atoms with Crippen molar-refractivity contribution in [2.45, 2.75) is 19.8 Å². The Bertz CT molecular complexity index is 339. The van der Waals surface area contributed by atoms with E-state index in [0.717, 1.165) is 12.1 Å². The predicted octanol–water partition coefficient (Wildman–Crippen LogP) is 3.52. The summed E-state index contributed by atoms with van der Waals surface area (Å²) in [4.78, 5) is 4.14. The van der Waals surface area contributed by atoms with Gasteiger partial charge in [0.15, 0.2) is 0 Å². The van der Waals surface area contributed by atoms with Crippen molar-refractivity contribution in [1.29, 1.82) is 0 Å². The van der Waals surface area contributed by atoms with Crippen molar-refractivity contribution in [2.75, 3.05) is 6.54 Å². The lowest BCUT2D eigenvalue weighted by atomic mass is 10.3. The summed E-state index contributed by atoms with van der Waals surface area (Å²) in [5.41, 5.74) is 2.97. The number of hydrogen-bond donors (Lipinski definition) is 2. The fourth-order valence-corrected chi connectivity index (χ4v) is 1.90. The molecule has 2 rings (SSSR count). The van der Waals surface area contributed by atoms with E-state index in [1.54, 1.807) is 11.3 Å². The van der Waals surface area contributed by atoms with Gasteiger partial charge in [0, 0.05) is 6.54 Å². The molecule has 0 unspecified atom stereocenters. The second-order valence-electron chi connectivity index (χ2n) is 3.08. The number of nitrogens with one attached hydrogen (secondary N) is 1. The number of unbranched alkanes of at least 4 members (excludes halogenated alkanes) is 1. The Kier molecular flexibility index (Phi) is 6.39. The van der Waals surface area contributed by atoms with Gasteiger partial charge >= 0.3 is 0 Å². The fourth-order valence-electron chi connectivity index (χ4n) is 1.06. The Hall–Kier alpha value is -0.580. The highest BCUT2D eigenvalue weighted by Gasteiger charge is 1.89. The number of thiazole rings is 1. The van der Waals surface area contributed by atoms with E-state index in [-0.39, 0.29) is 0 Å². The van der Waals surface area contributed by atoms with E-state index in [4.69, 9.17) is 0 Å². The summed E-state index contributed by atoms with van der Waals surface area (Å²) in [6.07, 6.45) is 2.47. The molecule has 1 aromatic heterocycles. The predicted molar refractivity (Wildman–Crippen MR) is 71.5 cm³/mol. The zero-order chi connectivity index (χ0) is 10.9. The van der Waals surface area contributed by atoms with Crippen LogP contribution in [0.2, 0.25) is 0 Å². The third kappa shape index (κ3) is 4.64. The minimum absolute atomic E-state index is 1.03. The maximum absolute atomic E-state index is 4.14. The number of fused-ring (bicyclic) bond motifs is 1. The quantitative estimate of drug-likeness (QED) is 0.634. The Balaban J connectivity index is 0.000000167. The van der Waals surface area contributed by atoms with E-state index < -0.39 is 0 Å². The molecular weight excluding hydrogens is 224 g/mol. The van der Waals surface area contributed by atoms with Gasteiger partial charge in [0.25, 0.3) is 0 Å². The molecule has 1 aromatic carbocycles. The lowest BCUT2D eigenvalue weighted by molar-refractivity contribution is 0.779. The summed E-state index contributed by atoms with van der Waals surface area (Å²) in [7, 11) is 0. The van der Waals surface area contributed by atoms with Gasteiger partial charge in [0.1, 0.15) is 0 Å². The van der Waals surface area contributed by atoms with Crippen LogP contribution in [-0.4, -0.2) is 11.5 Å². The van der Waals surface area contributed by atoms with Crippen LogP contribution in [-0.2, 0) is 0 Å². The van der Waals surface area contributed by atoms with Crippen molar-refractivity contribution in [3.8, 4) is 0 Å². The van der Waals surface area contributed by atoms with E-state index in [9.17, 15) is 0 Å². The van der Waals surface area contributed by atoms with Gasteiger partial charge in [-0.3, -0.25) is 4.72 Å². The molecule has 0 bridgehead atoms. The van der Waals surface area contributed by atoms with Crippen LogP contribution >= 0.6 is 24.2 Å². The third-order valence-electron chi connectivity index (χ3n) is 1.88. The first-order chi connectivity index (χ1) is 7.38. The first-order valence-corrected chi connectivity index (χ1v) is 6.36. The van der Waals surface area contributed by atoms with Gasteiger partial charge in [-0.25, -0.2) is 4.98 Å². The zero-order valence-corrected chi connectivity index (χ0v) is 10.5. The van der Waals surface area contributed by atoms with Gasteiger partial charge in [-0.05, 0) is 18.6 Å². The van der Waals surface area contributed by atoms with Crippen molar-refractivity contribution < 1.29 is 0 Å². The van der Waals surface area contributed by atoms with E-state index in [1.165, 1.54) is 17.5 Å². The van der Waals surface area contributed by atoms with E-state index in [1.807, 2.05) is 23.7 Å². The van der Waals surface area contributed by atoms with Crippen molar-refractivity contribution in [1.82, 2.24) is 9.71 Å². The van der Waals surface area contributed by atoms with Crippen LogP contribution in [0.25, 0.3) is 10.2 Å². The largest absolute Gasteiger partial charge is 0.267 e. The van der Waals surface area contributed by atoms with Gasteiger partial charge in [0.05, 0.1) is 15.7 Å². The summed E-state index contributed by atoms with van der Waals surface area (Å²) in [6.45, 7) is 3.19. The van der Waals surface area contributed by atoms with E-state index >= 15 is 0 Å². The van der Waals surface area contributed by atoms with Crippen molar-refractivity contribution >= 4 is 34.4 Å². The average molecular weight is 240 g/mol. The molecule has 0 amide bonds. The Morgan fingerprint density at radius 1 is 1.40 bits per heavy atom. The molecule has 0 aliphatic heterocycles. The van der Waals surface area contributed by atoms with Gasteiger partial charge in [-0.1, -0.05) is 38.3 Å². The molecule has 0 aliphatic carbocycles. The number of para-hydroxylation sites is 1. The number of benzene rings is 1. The van der Waals surface area contributed by atoms with Crippen LogP contribution in [0.1, 0.15) is 19.8 Å². The number of rotatable bonds is 3. The third-order valence-corrected chi connectivity index (χ3v) is 2.91. The summed E-state index contributed by atoms with van der Waals surface area (Å²) in [5.74, 6) is 0. The fraction of sp³-hybridized carbons (Fsp3) is 0.364. The standard InChI is InChI=1S/C7H5NS.C4H11NS/c1-2-4-7-6(3-1)8-5-9-7;1-2-3-4-5-6/h1-5H;5-6H,2-4H2,1H3. The van der Waals surface area contributed by atoms with E-state index in [0.29, 0.717) is 0 Å². The molecular formula is C11H16N2S2. The molecule has 1 N–H and O–H groups in total. The molecule has 0 saturated heterocycles. The van der Waals surface area contributed by atoms with Crippen molar-refractivity contribution in [3.63, 3.8) is 0 Å². The molecule has 0 atom stereocenters. The second-order valence-corrected chi connectivity index (χ2v) is 4.28. The maximum Gasteiger partial charge on any atom is 0.0812 e. The highest BCUT2D eigenvalue weighted by molar-refractivity contribution is 7.78. The highest BCUT2D eigenvalue weighted by atomic mass is 32.1. The molecule has 0 saturated carbocycles. The first-order valence-electron chi connectivity index (χ1n) is 5.03. The molecule has 2 aromatic rings. The lowest BCUT2D eigenvalue weighted by Crippen LogP contribution is -1.98. The topological polar surface area (TPSA) is 24.9 Å². The summed E-state index contributed by atoms with van der Waals surface area (Å²) in [6, 6.07) is 8.13. The molecule has 1 heterocycles. The lowest BCUT2D eigenvalue weighted by Gasteiger charge is -1.88. The number of nitrogens with zero attached hydrogens (tertiary/aromatic N) is 1. The summed E-state index contributed by atoms with van der Waals surface area (Å²) < 4.78 is 4.02. The SMILES string of the molecule is CCCCNS.c1ccc2scnc2c1. The molecule has 4 heteroatoms. The molecule has 0 aliphatic rings. The molecule has 15 heavy (non-hydrogen) atoms. The van der Waals surface area contributed by atoms with Crippen LogP contribution in [0.15, 0.2) is 29.8 Å². The Morgan fingerprint density at radius 3 is 2.80 bits per heavy atom. The molecule has 82 valence electrons. The molecule has 0 spiro atoms. The van der Waals surface area contributed by atoms with Crippen LogP contribution in [0.3, 0.4) is 0 Å². The number of aromatic nitrogens is 1. The average Bonchev–Trinajstić information content (AvgIpc) is 2.75. The van der Waals surface area contributed by atoms with Gasteiger partial charge < -0.3 is 0 Å². The maximum atomic E-state index is 4.14. The van der Waals surface area contributed by atoms with Crippen LogP contribution < -0.4 is 4.72 Å². The highest BCUT2D eigenvalue weighted by Crippen LogP contribution is 2.15. The smallest absolute Gasteiger partial charge is 0.0812 e. The monoisotopic (exact) mass is 240 g/mol. The molecule has 0 fully saturated rings. The molecule has 0 radical (unpaired) electrons. The van der Waals surface area contributed by atoms with Gasteiger partial charge in [-0.15, -0.1) is 11.3 Å². The minimum atomic E-state index is 1.03. The summed E-state index contributed by atoms with van der Waals surface area (Å²) >= 11 is 5.48. The van der Waals surface area contributed by atoms with E-state index in [2.05, 4.69) is 35.5 Å². The molecule has 2 nitrogen and oxygen atoms in total. The van der Waals surface area contributed by atoms with Crippen molar-refractivity contribution in [2.24, 2.45) is 0 Å². The summed E-state index contributed by atoms with van der Waals surface area (Å²) in [5, 5.41) is 0. The Labute approximate surface area is 100 Å². The Morgan fingerprint density at radius 2 is 2.20 bits per heavy atom. The van der Waals surface area contributed by atoms with Gasteiger partial charge in [-0.2, -0.15) is 0 Å². The number of hydrogen-bond acceptors (Lipinski definition) is 4. The second kappa shape index (κ2) is 7.68. The minimum Gasteiger partial charge on any atom is -0.267 e. The van der Waals surface area contributed by atoms with Crippen LogP contribution in [0, 0.1) is 0 Å². The first kappa shape index (κ1) is 12.5. The number of thiol groups is 1. The van der Waals surface area contributed by atoms with Gasteiger partial charge in [0.2, 0.25) is 0 Å². The zero-order valence-electron chi connectivity index (χ0n) is 8.81. The van der Waals surface area contributed by atoms with Crippen molar-refractivity contribution in [3.05, 3.63) is 29.8 Å². The normalized spacial score (nSPS) is 9.73. The van der Waals surface area contributed by atoms with Crippen LogP contribution in [0.5, 0.6) is 0 Å². The van der Waals surface area contributed by atoms with Crippen LogP contribution in [0.4, 0.5) is 0 Å².